The van der Waals surface area contributed by atoms with Crippen LogP contribution in [0.1, 0.15) is 31.4 Å². The van der Waals surface area contributed by atoms with Crippen LogP contribution >= 0.6 is 10.0 Å². The lowest BCUT2D eigenvalue weighted by Crippen LogP contribution is -2.45. The second-order valence-electron chi connectivity index (χ2n) is 8.61. The first kappa shape index (κ1) is 26.1. The van der Waals surface area contributed by atoms with Crippen molar-refractivity contribution in [2.75, 3.05) is 38.2 Å². The number of hydrogen-bond acceptors (Lipinski definition) is 4. The molecule has 0 aromatic heterocycles. The van der Waals surface area contributed by atoms with E-state index in [9.17, 15) is 22.8 Å². The summed E-state index contributed by atoms with van der Waals surface area (Å²) in [6.07, 6.45) is 5.67. The highest BCUT2D eigenvalue weighted by Crippen LogP contribution is 2.34. The van der Waals surface area contributed by atoms with Gasteiger partial charge >= 0.3 is 12.1 Å². The highest BCUT2D eigenvalue weighted by Gasteiger charge is 2.33. The maximum Gasteiger partial charge on any atom is 0.410 e. The van der Waals surface area contributed by atoms with E-state index in [0.29, 0.717) is 5.75 Å². The largest absolute Gasteiger partial charge is 0.449 e. The molecule has 1 amide bonds. The molecule has 1 aromatic rings. The highest BCUT2D eigenvalue weighted by molar-refractivity contribution is 8.32. The smallest absolute Gasteiger partial charge is 0.410 e. The summed E-state index contributed by atoms with van der Waals surface area (Å²) < 4.78 is 52.8. The Labute approximate surface area is 178 Å². The van der Waals surface area contributed by atoms with Gasteiger partial charge in [0.05, 0.1) is 0 Å². The zero-order valence-corrected chi connectivity index (χ0v) is 19.7. The third-order valence-electron chi connectivity index (χ3n) is 4.66. The average Bonchev–Trinajstić information content (AvgIpc) is 2.64. The molecule has 0 radical (unpaired) electrons. The van der Waals surface area contributed by atoms with E-state index in [0.717, 1.165) is 4.90 Å². The minimum Gasteiger partial charge on any atom is -0.449 e. The Morgan fingerprint density at radius 1 is 1.00 bits per heavy atom. The van der Waals surface area contributed by atoms with Gasteiger partial charge in [-0.1, -0.05) is 13.8 Å². The van der Waals surface area contributed by atoms with Gasteiger partial charge in [0.15, 0.2) is 11.6 Å². The fourth-order valence-corrected chi connectivity index (χ4v) is 3.17. The van der Waals surface area contributed by atoms with Gasteiger partial charge in [0, 0.05) is 12.8 Å². The number of rotatable bonds is 8. The molecule has 0 aliphatic rings. The van der Waals surface area contributed by atoms with Crippen molar-refractivity contribution in [3.8, 4) is 5.75 Å². The van der Waals surface area contributed by atoms with Crippen LogP contribution in [0.4, 0.5) is 18.0 Å². The van der Waals surface area contributed by atoms with E-state index in [-0.39, 0.29) is 30.1 Å². The quantitative estimate of drug-likeness (QED) is 0.324. The first-order valence-electron chi connectivity index (χ1n) is 9.58. The van der Waals surface area contributed by atoms with Crippen LogP contribution in [-0.2, 0) is 9.53 Å². The van der Waals surface area contributed by atoms with Crippen LogP contribution in [0.25, 0.3) is 0 Å². The normalized spacial score (nSPS) is 13.2. The summed E-state index contributed by atoms with van der Waals surface area (Å²) in [6, 6.07) is -1.15. The second-order valence-corrected chi connectivity index (χ2v) is 13.2. The van der Waals surface area contributed by atoms with Crippen LogP contribution in [0.2, 0.25) is 0 Å². The Bertz CT molecular complexity index is 764. The lowest BCUT2D eigenvalue weighted by atomic mass is 10.0. The van der Waals surface area contributed by atoms with Crippen molar-refractivity contribution in [3.05, 3.63) is 28.6 Å². The number of nitrogens with zero attached hydrogens (tertiary/aromatic N) is 1. The standard InChI is InChI=1S/C21H32F3NO4S/c1-12(2)11-15(25(5)21(27)28-9-10-30(6,7)8)20(26)29-19-17(23)14(4)13(3)16(22)18(19)24/h12,15H,9-11H2,1-8H3. The van der Waals surface area contributed by atoms with E-state index >= 15 is 0 Å². The number of benzene rings is 1. The van der Waals surface area contributed by atoms with Crippen LogP contribution in [0, 0.1) is 37.2 Å². The summed E-state index contributed by atoms with van der Waals surface area (Å²) in [5.74, 6) is -5.52. The van der Waals surface area contributed by atoms with Crippen molar-refractivity contribution in [1.82, 2.24) is 4.90 Å². The number of ether oxygens (including phenoxy) is 2. The zero-order chi connectivity index (χ0) is 23.4. The van der Waals surface area contributed by atoms with Gasteiger partial charge in [-0.15, -0.1) is 0 Å². The molecule has 0 saturated heterocycles. The van der Waals surface area contributed by atoms with Gasteiger partial charge in [-0.3, -0.25) is 4.90 Å². The van der Waals surface area contributed by atoms with Crippen LogP contribution < -0.4 is 4.74 Å². The molecule has 1 unspecified atom stereocenters. The molecule has 0 aliphatic heterocycles. The number of hydrogen-bond donors (Lipinski definition) is 0. The monoisotopic (exact) mass is 451 g/mol. The number of carbonyl (C=O) groups is 2. The summed E-state index contributed by atoms with van der Waals surface area (Å²) in [7, 11) is 0.486. The van der Waals surface area contributed by atoms with Gasteiger partial charge in [0.1, 0.15) is 12.6 Å². The maximum atomic E-state index is 14.4. The molecule has 0 spiro atoms. The molecule has 0 fully saturated rings. The molecular weight excluding hydrogens is 419 g/mol. The van der Waals surface area contributed by atoms with Crippen molar-refractivity contribution in [3.63, 3.8) is 0 Å². The Kier molecular flexibility index (Phi) is 9.07. The summed E-state index contributed by atoms with van der Waals surface area (Å²) in [5, 5.41) is 0. The lowest BCUT2D eigenvalue weighted by molar-refractivity contribution is -0.140. The van der Waals surface area contributed by atoms with Gasteiger partial charge < -0.3 is 9.47 Å². The first-order valence-corrected chi connectivity index (χ1v) is 12.6. The van der Waals surface area contributed by atoms with Gasteiger partial charge in [0.2, 0.25) is 11.6 Å². The molecular formula is C21H32F3NO4S. The molecule has 1 atom stereocenters. The molecule has 0 N–H and O–H groups in total. The molecule has 1 aromatic carbocycles. The summed E-state index contributed by atoms with van der Waals surface area (Å²) in [6.45, 7) is 6.32. The van der Waals surface area contributed by atoms with Crippen molar-refractivity contribution in [2.45, 2.75) is 40.2 Å². The maximum absolute atomic E-state index is 14.4. The minimum absolute atomic E-state index is 0.0389. The highest BCUT2D eigenvalue weighted by atomic mass is 32.3. The molecule has 1 rings (SSSR count). The molecule has 0 bridgehead atoms. The Morgan fingerprint density at radius 2 is 1.53 bits per heavy atom. The molecule has 172 valence electrons. The third kappa shape index (κ3) is 6.82. The molecule has 0 heterocycles. The SMILES string of the molecule is Cc1c(C)c(F)c(OC(=O)C(CC(C)C)N(C)C(=O)OCCS(C)(C)C)c(F)c1F. The second kappa shape index (κ2) is 10.4. The Morgan fingerprint density at radius 3 is 2.03 bits per heavy atom. The van der Waals surface area contributed by atoms with Crippen molar-refractivity contribution < 1.29 is 32.2 Å². The van der Waals surface area contributed by atoms with Crippen LogP contribution in [-0.4, -0.2) is 61.2 Å². The minimum atomic E-state index is -1.58. The predicted molar refractivity (Wildman–Crippen MR) is 114 cm³/mol. The van der Waals surface area contributed by atoms with E-state index in [1.807, 2.05) is 13.8 Å². The van der Waals surface area contributed by atoms with E-state index < -0.39 is 51.3 Å². The van der Waals surface area contributed by atoms with Gasteiger partial charge in [0.25, 0.3) is 0 Å². The molecule has 30 heavy (non-hydrogen) atoms. The zero-order valence-electron chi connectivity index (χ0n) is 18.9. The Balaban J connectivity index is 3.07. The van der Waals surface area contributed by atoms with E-state index in [1.54, 1.807) is 0 Å². The fourth-order valence-electron chi connectivity index (χ4n) is 2.59. The average molecular weight is 452 g/mol. The van der Waals surface area contributed by atoms with Crippen molar-refractivity contribution >= 4 is 22.1 Å². The summed E-state index contributed by atoms with van der Waals surface area (Å²) in [4.78, 5) is 26.2. The van der Waals surface area contributed by atoms with Gasteiger partial charge in [-0.2, -0.15) is 4.39 Å². The number of carbonyl (C=O) groups excluding carboxylic acids is 2. The molecule has 9 heteroatoms. The summed E-state index contributed by atoms with van der Waals surface area (Å²) in [5.41, 5.74) is -0.361. The van der Waals surface area contributed by atoms with E-state index in [4.69, 9.17) is 9.47 Å². The summed E-state index contributed by atoms with van der Waals surface area (Å²) >= 11 is 0. The van der Waals surface area contributed by atoms with Crippen LogP contribution in [0.3, 0.4) is 0 Å². The Hall–Kier alpha value is -1.90. The van der Waals surface area contributed by atoms with E-state index in [2.05, 4.69) is 18.8 Å². The number of amides is 1. The molecule has 0 aliphatic carbocycles. The first-order chi connectivity index (χ1) is 13.7. The third-order valence-corrected chi connectivity index (χ3v) is 6.05. The fraction of sp³-hybridized carbons (Fsp3) is 0.619. The van der Waals surface area contributed by atoms with Crippen LogP contribution in [0.5, 0.6) is 5.75 Å². The van der Waals surface area contributed by atoms with Crippen molar-refractivity contribution in [1.29, 1.82) is 0 Å². The van der Waals surface area contributed by atoms with E-state index in [1.165, 1.54) is 20.9 Å². The number of esters is 1. The van der Waals surface area contributed by atoms with Crippen molar-refractivity contribution in [2.24, 2.45) is 5.92 Å². The molecule has 5 nitrogen and oxygen atoms in total. The topological polar surface area (TPSA) is 55.8 Å². The van der Waals surface area contributed by atoms with Gasteiger partial charge in [-0.25, -0.2) is 28.4 Å². The predicted octanol–water partition coefficient (Wildman–Crippen LogP) is 4.80. The number of halogens is 3. The molecule has 0 saturated carbocycles. The number of likely N-dealkylation sites (N-methyl/N-ethyl adjacent to an activating group) is 1. The van der Waals surface area contributed by atoms with Gasteiger partial charge in [-0.05, 0) is 56.1 Å². The van der Waals surface area contributed by atoms with Crippen LogP contribution in [0.15, 0.2) is 0 Å². The lowest BCUT2D eigenvalue weighted by Gasteiger charge is -2.29.